The number of hydrogen-bond acceptors (Lipinski definition) is 4. The lowest BCUT2D eigenvalue weighted by molar-refractivity contribution is -0.0439. The van der Waals surface area contributed by atoms with Gasteiger partial charge in [-0.25, -0.2) is 0 Å². The molecule has 1 heterocycles. The van der Waals surface area contributed by atoms with Gasteiger partial charge in [-0.2, -0.15) is 0 Å². The van der Waals surface area contributed by atoms with Crippen molar-refractivity contribution in [2.45, 2.75) is 12.7 Å². The van der Waals surface area contributed by atoms with Crippen molar-refractivity contribution < 1.29 is 14.2 Å². The molecule has 0 radical (unpaired) electrons. The first kappa shape index (κ1) is 11.2. The van der Waals surface area contributed by atoms with Crippen LogP contribution in [0.4, 0.5) is 5.69 Å². The monoisotopic (exact) mass is 223 g/mol. The first-order chi connectivity index (χ1) is 7.88. The van der Waals surface area contributed by atoms with Crippen LogP contribution in [0.1, 0.15) is 6.42 Å². The predicted molar refractivity (Wildman–Crippen MR) is 61.8 cm³/mol. The van der Waals surface area contributed by atoms with E-state index in [4.69, 9.17) is 14.2 Å². The lowest BCUT2D eigenvalue weighted by Gasteiger charge is -2.11. The summed E-state index contributed by atoms with van der Waals surface area (Å²) >= 11 is 0. The molecule has 1 saturated heterocycles. The Labute approximate surface area is 95.5 Å². The Morgan fingerprint density at radius 3 is 2.94 bits per heavy atom. The van der Waals surface area contributed by atoms with Gasteiger partial charge >= 0.3 is 0 Å². The summed E-state index contributed by atoms with van der Waals surface area (Å²) in [6, 6.07) is 7.87. The highest BCUT2D eigenvalue weighted by atomic mass is 16.7. The van der Waals surface area contributed by atoms with E-state index in [2.05, 4.69) is 5.32 Å². The Hall–Kier alpha value is -1.26. The average molecular weight is 223 g/mol. The molecule has 1 aromatic rings. The van der Waals surface area contributed by atoms with Crippen molar-refractivity contribution in [3.63, 3.8) is 0 Å². The van der Waals surface area contributed by atoms with Crippen LogP contribution in [0.5, 0.6) is 5.75 Å². The molecule has 0 amide bonds. The third-order valence-electron chi connectivity index (χ3n) is 2.47. The summed E-state index contributed by atoms with van der Waals surface area (Å²) in [5.74, 6) is 0.860. The molecule has 0 saturated carbocycles. The van der Waals surface area contributed by atoms with E-state index in [0.717, 1.165) is 24.4 Å². The van der Waals surface area contributed by atoms with Gasteiger partial charge in [0.25, 0.3) is 0 Å². The molecule has 0 atom stereocenters. The van der Waals surface area contributed by atoms with Crippen molar-refractivity contribution in [1.82, 2.24) is 0 Å². The third-order valence-corrected chi connectivity index (χ3v) is 2.47. The summed E-state index contributed by atoms with van der Waals surface area (Å²) in [7, 11) is 1.67. The molecule has 0 spiro atoms. The van der Waals surface area contributed by atoms with Gasteiger partial charge < -0.3 is 19.5 Å². The number of hydrogen-bond donors (Lipinski definition) is 1. The van der Waals surface area contributed by atoms with Crippen LogP contribution in [0.25, 0.3) is 0 Å². The summed E-state index contributed by atoms with van der Waals surface area (Å²) in [4.78, 5) is 0. The molecule has 0 unspecified atom stereocenters. The van der Waals surface area contributed by atoms with Gasteiger partial charge in [-0.1, -0.05) is 6.07 Å². The maximum Gasteiger partial charge on any atom is 0.159 e. The molecule has 1 N–H and O–H groups in total. The molecule has 4 nitrogen and oxygen atoms in total. The fourth-order valence-corrected chi connectivity index (χ4v) is 1.64. The first-order valence-corrected chi connectivity index (χ1v) is 5.49. The maximum absolute atomic E-state index is 5.35. The van der Waals surface area contributed by atoms with Crippen molar-refractivity contribution in [2.24, 2.45) is 0 Å². The van der Waals surface area contributed by atoms with Gasteiger partial charge in [-0.3, -0.25) is 0 Å². The van der Waals surface area contributed by atoms with E-state index in [1.54, 1.807) is 7.11 Å². The highest BCUT2D eigenvalue weighted by Gasteiger charge is 2.14. The van der Waals surface area contributed by atoms with Crippen LogP contribution in [0.3, 0.4) is 0 Å². The molecule has 1 aliphatic rings. The molecule has 0 bridgehead atoms. The van der Waals surface area contributed by atoms with E-state index in [1.807, 2.05) is 24.3 Å². The van der Waals surface area contributed by atoms with Crippen LogP contribution in [0.2, 0.25) is 0 Å². The van der Waals surface area contributed by atoms with E-state index < -0.39 is 0 Å². The highest BCUT2D eigenvalue weighted by Crippen LogP contribution is 2.17. The molecule has 1 aromatic carbocycles. The second-order valence-electron chi connectivity index (χ2n) is 3.62. The van der Waals surface area contributed by atoms with Crippen molar-refractivity contribution in [1.29, 1.82) is 0 Å². The molecule has 1 aliphatic heterocycles. The molecular weight excluding hydrogens is 206 g/mol. The van der Waals surface area contributed by atoms with Crippen LogP contribution in [0.15, 0.2) is 24.3 Å². The van der Waals surface area contributed by atoms with E-state index in [1.165, 1.54) is 0 Å². The third kappa shape index (κ3) is 3.12. The standard InChI is InChI=1S/C12H17NO3/c1-14-11-4-2-3-10(9-11)13-6-5-12-15-7-8-16-12/h2-4,9,12-13H,5-8H2,1H3. The highest BCUT2D eigenvalue weighted by molar-refractivity contribution is 5.47. The zero-order valence-electron chi connectivity index (χ0n) is 9.44. The number of benzene rings is 1. The molecule has 2 rings (SSSR count). The van der Waals surface area contributed by atoms with E-state index in [-0.39, 0.29) is 6.29 Å². The number of nitrogens with one attached hydrogen (secondary N) is 1. The average Bonchev–Trinajstić information content (AvgIpc) is 2.82. The van der Waals surface area contributed by atoms with Crippen molar-refractivity contribution >= 4 is 5.69 Å². The summed E-state index contributed by atoms with van der Waals surface area (Å²) in [6.45, 7) is 2.26. The van der Waals surface area contributed by atoms with E-state index in [0.29, 0.717) is 13.2 Å². The molecule has 16 heavy (non-hydrogen) atoms. The van der Waals surface area contributed by atoms with Crippen LogP contribution >= 0.6 is 0 Å². The maximum atomic E-state index is 5.35. The van der Waals surface area contributed by atoms with Crippen LogP contribution < -0.4 is 10.1 Å². The van der Waals surface area contributed by atoms with Crippen molar-refractivity contribution in [3.05, 3.63) is 24.3 Å². The zero-order chi connectivity index (χ0) is 11.2. The van der Waals surface area contributed by atoms with Crippen LogP contribution in [-0.2, 0) is 9.47 Å². The molecule has 4 heteroatoms. The normalized spacial score (nSPS) is 16.3. The van der Waals surface area contributed by atoms with Gasteiger partial charge in [0.1, 0.15) is 5.75 Å². The van der Waals surface area contributed by atoms with Gasteiger partial charge in [-0.05, 0) is 12.1 Å². The quantitative estimate of drug-likeness (QED) is 0.827. The topological polar surface area (TPSA) is 39.7 Å². The Bertz CT molecular complexity index is 324. The molecule has 88 valence electrons. The minimum Gasteiger partial charge on any atom is -0.497 e. The fourth-order valence-electron chi connectivity index (χ4n) is 1.64. The second kappa shape index (κ2) is 5.72. The summed E-state index contributed by atoms with van der Waals surface area (Å²) in [5, 5.41) is 3.31. The number of rotatable bonds is 5. The van der Waals surface area contributed by atoms with Gasteiger partial charge in [-0.15, -0.1) is 0 Å². The Kier molecular flexibility index (Phi) is 4.02. The van der Waals surface area contributed by atoms with Crippen LogP contribution in [-0.4, -0.2) is 33.2 Å². The Morgan fingerprint density at radius 1 is 1.38 bits per heavy atom. The first-order valence-electron chi connectivity index (χ1n) is 5.49. The van der Waals surface area contributed by atoms with Gasteiger partial charge in [0.05, 0.1) is 20.3 Å². The second-order valence-corrected chi connectivity index (χ2v) is 3.62. The van der Waals surface area contributed by atoms with Gasteiger partial charge in [0.2, 0.25) is 0 Å². The van der Waals surface area contributed by atoms with E-state index >= 15 is 0 Å². The summed E-state index contributed by atoms with van der Waals surface area (Å²) in [6.07, 6.45) is 0.815. The zero-order valence-corrected chi connectivity index (χ0v) is 9.44. The van der Waals surface area contributed by atoms with Crippen LogP contribution in [0, 0.1) is 0 Å². The smallest absolute Gasteiger partial charge is 0.159 e. The van der Waals surface area contributed by atoms with Gasteiger partial charge in [0, 0.05) is 24.7 Å². The van der Waals surface area contributed by atoms with E-state index in [9.17, 15) is 0 Å². The minimum atomic E-state index is -0.0434. The largest absolute Gasteiger partial charge is 0.497 e. The lowest BCUT2D eigenvalue weighted by atomic mass is 10.3. The SMILES string of the molecule is COc1cccc(NCCC2OCCO2)c1. The predicted octanol–water partition coefficient (Wildman–Crippen LogP) is 1.87. The summed E-state index contributed by atoms with van der Waals surface area (Å²) in [5.41, 5.74) is 1.05. The number of ether oxygens (including phenoxy) is 3. The van der Waals surface area contributed by atoms with Crippen molar-refractivity contribution in [3.8, 4) is 5.75 Å². The van der Waals surface area contributed by atoms with Crippen molar-refractivity contribution in [2.75, 3.05) is 32.2 Å². The van der Waals surface area contributed by atoms with Gasteiger partial charge in [0.15, 0.2) is 6.29 Å². The number of anilines is 1. The summed E-state index contributed by atoms with van der Waals surface area (Å²) < 4.78 is 15.8. The molecular formula is C12H17NO3. The lowest BCUT2D eigenvalue weighted by Crippen LogP contribution is -2.14. The molecule has 0 aromatic heterocycles. The fraction of sp³-hybridized carbons (Fsp3) is 0.500. The number of methoxy groups -OCH3 is 1. The minimum absolute atomic E-state index is 0.0434. The Balaban J connectivity index is 1.75. The molecule has 0 aliphatic carbocycles. The molecule has 1 fully saturated rings. The Morgan fingerprint density at radius 2 is 2.19 bits per heavy atom.